The van der Waals surface area contributed by atoms with Gasteiger partial charge in [-0.2, -0.15) is 0 Å². The smallest absolute Gasteiger partial charge is 0.251 e. The van der Waals surface area contributed by atoms with E-state index in [2.05, 4.69) is 15.5 Å². The average molecular weight is 504 g/mol. The largest absolute Gasteiger partial charge is 0.325 e. The lowest BCUT2D eigenvalue weighted by Crippen LogP contribution is -2.62. The Hall–Kier alpha value is -3.00. The van der Waals surface area contributed by atoms with Crippen LogP contribution in [0.3, 0.4) is 0 Å². The number of rotatable bonds is 2. The van der Waals surface area contributed by atoms with E-state index < -0.39 is 16.9 Å². The number of anilines is 2. The van der Waals surface area contributed by atoms with Gasteiger partial charge < -0.3 is 10.6 Å². The van der Waals surface area contributed by atoms with Crippen LogP contribution in [0.15, 0.2) is 53.9 Å². The van der Waals surface area contributed by atoms with Gasteiger partial charge >= 0.3 is 0 Å². The molecule has 2 fully saturated rings. The number of halogens is 1. The predicted octanol–water partition coefficient (Wildman–Crippen LogP) is 4.72. The fraction of sp³-hybridized carbons (Fsp3) is 0.296. The van der Waals surface area contributed by atoms with E-state index in [-0.39, 0.29) is 23.6 Å². The van der Waals surface area contributed by atoms with Crippen LogP contribution in [0.5, 0.6) is 0 Å². The van der Waals surface area contributed by atoms with Crippen molar-refractivity contribution in [3.05, 3.63) is 80.5 Å². The van der Waals surface area contributed by atoms with Crippen LogP contribution in [0.25, 0.3) is 0 Å². The van der Waals surface area contributed by atoms with Crippen molar-refractivity contribution in [1.29, 1.82) is 0 Å². The van der Waals surface area contributed by atoms with Crippen LogP contribution in [0.2, 0.25) is 5.02 Å². The molecule has 2 amide bonds. The Bertz CT molecular complexity index is 1450. The van der Waals surface area contributed by atoms with Gasteiger partial charge in [-0.05, 0) is 61.0 Å². The summed E-state index contributed by atoms with van der Waals surface area (Å²) in [6, 6.07) is 14.6. The minimum Gasteiger partial charge on any atom is -0.325 e. The summed E-state index contributed by atoms with van der Waals surface area (Å²) in [6.07, 6.45) is 1.60. The van der Waals surface area contributed by atoms with Crippen LogP contribution in [0, 0.1) is 12.8 Å². The summed E-state index contributed by atoms with van der Waals surface area (Å²) in [5.74, 6) is -1.34. The molecule has 7 rings (SSSR count). The maximum absolute atomic E-state index is 14.3. The molecule has 1 aromatic heterocycles. The molecule has 0 bridgehead atoms. The number of thiophene rings is 1. The summed E-state index contributed by atoms with van der Waals surface area (Å²) in [5.41, 5.74) is 0.746. The molecule has 0 saturated carbocycles. The summed E-state index contributed by atoms with van der Waals surface area (Å²) in [5, 5.41) is 8.58. The van der Waals surface area contributed by atoms with Crippen LogP contribution < -0.4 is 10.6 Å². The van der Waals surface area contributed by atoms with Crippen molar-refractivity contribution >= 4 is 51.9 Å². The quantitative estimate of drug-likeness (QED) is 0.496. The number of ketones is 1. The molecular formula is C27H22ClN3O3S. The number of para-hydroxylation sites is 1. The van der Waals surface area contributed by atoms with E-state index in [9.17, 15) is 14.4 Å². The number of Topliss-reactive ketones (excluding diaryl/α,β-unsaturated/α-hetero) is 1. The normalized spacial score (nSPS) is 30.5. The molecule has 8 heteroatoms. The van der Waals surface area contributed by atoms with Gasteiger partial charge in [-0.15, -0.1) is 11.3 Å². The fourth-order valence-corrected chi connectivity index (χ4v) is 8.20. The van der Waals surface area contributed by atoms with Crippen molar-refractivity contribution < 1.29 is 14.4 Å². The molecule has 2 saturated heterocycles. The number of carbonyl (C=O) groups excluding carboxylic acids is 3. The number of nitrogens with zero attached hydrogens (tertiary/aromatic N) is 1. The topological polar surface area (TPSA) is 78.5 Å². The molecule has 176 valence electrons. The number of hydrogen-bond acceptors (Lipinski definition) is 5. The van der Waals surface area contributed by atoms with Crippen LogP contribution >= 0.6 is 22.9 Å². The highest BCUT2D eigenvalue weighted by Gasteiger charge is 2.81. The molecule has 0 aliphatic carbocycles. The second kappa shape index (κ2) is 7.03. The third kappa shape index (κ3) is 2.28. The molecule has 6 nitrogen and oxygen atoms in total. The van der Waals surface area contributed by atoms with Gasteiger partial charge in [0.15, 0.2) is 5.78 Å². The summed E-state index contributed by atoms with van der Waals surface area (Å²) < 4.78 is 0. The van der Waals surface area contributed by atoms with E-state index in [4.69, 9.17) is 11.6 Å². The Morgan fingerprint density at radius 3 is 2.69 bits per heavy atom. The molecule has 4 aliphatic heterocycles. The number of benzene rings is 2. The van der Waals surface area contributed by atoms with E-state index in [1.165, 1.54) is 11.3 Å². The average Bonchev–Trinajstić information content (AvgIpc) is 3.65. The lowest BCUT2D eigenvalue weighted by Gasteiger charge is -2.43. The van der Waals surface area contributed by atoms with E-state index in [0.29, 0.717) is 33.4 Å². The van der Waals surface area contributed by atoms with Gasteiger partial charge in [0.25, 0.3) is 5.91 Å². The van der Waals surface area contributed by atoms with Crippen LogP contribution in [0.4, 0.5) is 11.4 Å². The predicted molar refractivity (Wildman–Crippen MR) is 135 cm³/mol. The molecular weight excluding hydrogens is 482 g/mol. The molecule has 0 radical (unpaired) electrons. The van der Waals surface area contributed by atoms with Crippen LogP contribution in [0.1, 0.15) is 39.2 Å². The molecule has 2 spiro atoms. The van der Waals surface area contributed by atoms with Gasteiger partial charge in [0.05, 0.1) is 16.5 Å². The zero-order valence-electron chi connectivity index (χ0n) is 18.9. The van der Waals surface area contributed by atoms with Crippen molar-refractivity contribution in [2.24, 2.45) is 5.92 Å². The number of amides is 2. The van der Waals surface area contributed by atoms with Gasteiger partial charge in [-0.25, -0.2) is 0 Å². The highest BCUT2D eigenvalue weighted by Crippen LogP contribution is 2.68. The van der Waals surface area contributed by atoms with E-state index in [0.717, 1.165) is 24.0 Å². The Morgan fingerprint density at radius 2 is 1.89 bits per heavy atom. The number of carbonyl (C=O) groups is 3. The Balaban J connectivity index is 1.62. The Morgan fingerprint density at radius 1 is 1.06 bits per heavy atom. The standard InChI is InChI=1S/C27H22ClN3O3S/c1-14-17(28)11-10-16-22(14)30-25(34)27(16)26(15-6-2-3-7-18(15)29-24(26)33)21(19-8-4-12-31(19)27)23(32)20-9-5-13-35-20/h2-3,5-7,9-11,13,19,21H,4,8,12H2,1H3,(H,29,33)(H,30,34). The second-order valence-electron chi connectivity index (χ2n) is 9.79. The number of hydrogen-bond donors (Lipinski definition) is 2. The van der Waals surface area contributed by atoms with Gasteiger partial charge in [-0.3, -0.25) is 19.3 Å². The van der Waals surface area contributed by atoms with Gasteiger partial charge in [-0.1, -0.05) is 41.9 Å². The summed E-state index contributed by atoms with van der Waals surface area (Å²) >= 11 is 7.84. The van der Waals surface area contributed by atoms with Crippen molar-refractivity contribution in [3.63, 3.8) is 0 Å². The van der Waals surface area contributed by atoms with Crippen LogP contribution in [-0.4, -0.2) is 35.1 Å². The summed E-state index contributed by atoms with van der Waals surface area (Å²) in [6.45, 7) is 2.51. The van der Waals surface area contributed by atoms with Crippen LogP contribution in [-0.2, 0) is 20.5 Å². The van der Waals surface area contributed by atoms with Gasteiger partial charge in [0.2, 0.25) is 5.91 Å². The molecule has 5 heterocycles. The van der Waals surface area contributed by atoms with Crippen molar-refractivity contribution in [1.82, 2.24) is 4.90 Å². The first kappa shape index (κ1) is 21.3. The second-order valence-corrected chi connectivity index (χ2v) is 11.1. The monoisotopic (exact) mass is 503 g/mol. The minimum absolute atomic E-state index is 0.0763. The maximum atomic E-state index is 14.3. The molecule has 4 aliphatic rings. The zero-order valence-corrected chi connectivity index (χ0v) is 20.5. The van der Waals surface area contributed by atoms with Gasteiger partial charge in [0.1, 0.15) is 11.0 Å². The van der Waals surface area contributed by atoms with Crippen molar-refractivity contribution in [2.75, 3.05) is 17.2 Å². The summed E-state index contributed by atoms with van der Waals surface area (Å²) in [4.78, 5) is 45.8. The minimum atomic E-state index is -1.41. The van der Waals surface area contributed by atoms with E-state index in [1.807, 2.05) is 54.8 Å². The first-order valence-electron chi connectivity index (χ1n) is 11.8. The number of nitrogens with one attached hydrogen (secondary N) is 2. The molecule has 3 aromatic rings. The Labute approximate surface area is 211 Å². The molecule has 4 atom stereocenters. The maximum Gasteiger partial charge on any atom is 0.251 e. The highest BCUT2D eigenvalue weighted by atomic mass is 35.5. The third-order valence-corrected chi connectivity index (χ3v) is 9.81. The molecule has 4 unspecified atom stereocenters. The zero-order chi connectivity index (χ0) is 24.1. The van der Waals surface area contributed by atoms with Gasteiger partial charge in [0, 0.05) is 22.3 Å². The molecule has 2 aromatic carbocycles. The highest BCUT2D eigenvalue weighted by molar-refractivity contribution is 7.12. The van der Waals surface area contributed by atoms with E-state index in [1.54, 1.807) is 6.07 Å². The lowest BCUT2D eigenvalue weighted by molar-refractivity contribution is -0.137. The first-order chi connectivity index (χ1) is 16.9. The third-order valence-electron chi connectivity index (χ3n) is 8.51. The summed E-state index contributed by atoms with van der Waals surface area (Å²) in [7, 11) is 0. The van der Waals surface area contributed by atoms with Crippen molar-refractivity contribution in [2.45, 2.75) is 36.8 Å². The Kier molecular flexibility index (Phi) is 4.28. The fourth-order valence-electron chi connectivity index (χ4n) is 7.34. The number of fused-ring (bicyclic) bond motifs is 7. The first-order valence-corrected chi connectivity index (χ1v) is 13.1. The van der Waals surface area contributed by atoms with E-state index >= 15 is 0 Å². The molecule has 35 heavy (non-hydrogen) atoms. The lowest BCUT2D eigenvalue weighted by atomic mass is 9.57. The van der Waals surface area contributed by atoms with Crippen molar-refractivity contribution in [3.8, 4) is 0 Å². The molecule has 2 N–H and O–H groups in total. The SMILES string of the molecule is Cc1c(Cl)ccc2c1NC(=O)C21N2CCCC2C(C(=O)c2cccs2)C12C(=O)Nc1ccccc12.